The number of halogens is 2. The zero-order chi connectivity index (χ0) is 29.7. The molecule has 9 nitrogen and oxygen atoms in total. The molecule has 0 spiro atoms. The van der Waals surface area contributed by atoms with E-state index in [0.717, 1.165) is 6.08 Å². The number of rotatable bonds is 16. The summed E-state index contributed by atoms with van der Waals surface area (Å²) in [7, 11) is 0. The number of carbonyl (C=O) groups is 1. The predicted octanol–water partition coefficient (Wildman–Crippen LogP) is 5.18. The predicted molar refractivity (Wildman–Crippen MR) is 145 cm³/mol. The van der Waals surface area contributed by atoms with Gasteiger partial charge in [0.15, 0.2) is 6.61 Å². The van der Waals surface area contributed by atoms with Gasteiger partial charge in [-0.2, -0.15) is 8.78 Å². The number of esters is 1. The number of ether oxygens (including phenoxy) is 2. The van der Waals surface area contributed by atoms with Crippen LogP contribution in [0.3, 0.4) is 0 Å². The number of unbranched alkanes of at least 4 members (excludes halogenated alkanes) is 1. The van der Waals surface area contributed by atoms with Crippen LogP contribution in [-0.4, -0.2) is 46.0 Å². The molecule has 2 aromatic rings. The zero-order valence-electron chi connectivity index (χ0n) is 22.5. The Morgan fingerprint density at radius 1 is 1.05 bits per heavy atom. The molecule has 4 atom stereocenters. The molecule has 0 aromatic heterocycles. The average Bonchev–Trinajstić information content (AvgIpc) is 3.22. The van der Waals surface area contributed by atoms with Crippen molar-refractivity contribution in [1.82, 2.24) is 0 Å². The van der Waals surface area contributed by atoms with Gasteiger partial charge in [-0.25, -0.2) is 0 Å². The van der Waals surface area contributed by atoms with Gasteiger partial charge in [-0.1, -0.05) is 60.7 Å². The van der Waals surface area contributed by atoms with E-state index in [1.54, 1.807) is 54.6 Å². The van der Waals surface area contributed by atoms with Gasteiger partial charge < -0.3 is 24.5 Å². The number of hydrogen-bond acceptors (Lipinski definition) is 8. The van der Waals surface area contributed by atoms with Gasteiger partial charge in [0.25, 0.3) is 11.0 Å². The van der Waals surface area contributed by atoms with E-state index in [-0.39, 0.29) is 32.0 Å². The highest BCUT2D eigenvalue weighted by molar-refractivity contribution is 5.69. The molecular weight excluding hydrogens is 540 g/mol. The van der Waals surface area contributed by atoms with Gasteiger partial charge in [-0.15, -0.1) is 10.1 Å². The summed E-state index contributed by atoms with van der Waals surface area (Å²) in [6.45, 7) is -0.989. The lowest BCUT2D eigenvalue weighted by Gasteiger charge is -2.20. The van der Waals surface area contributed by atoms with E-state index in [1.165, 1.54) is 6.08 Å². The van der Waals surface area contributed by atoms with Gasteiger partial charge >= 0.3 is 5.97 Å². The van der Waals surface area contributed by atoms with Gasteiger partial charge in [-0.3, -0.25) is 4.79 Å². The molecule has 0 saturated heterocycles. The molecule has 0 aliphatic heterocycles. The maximum Gasteiger partial charge on any atom is 0.306 e. The first-order valence-electron chi connectivity index (χ1n) is 13.4. The van der Waals surface area contributed by atoms with E-state index in [1.807, 2.05) is 12.2 Å². The van der Waals surface area contributed by atoms with Crippen LogP contribution in [0.15, 0.2) is 78.9 Å². The second-order valence-corrected chi connectivity index (χ2v) is 9.91. The summed E-state index contributed by atoms with van der Waals surface area (Å²) in [5.41, 5.74) is 1.27. The highest BCUT2D eigenvalue weighted by Gasteiger charge is 2.40. The monoisotopic (exact) mass is 575 g/mol. The lowest BCUT2D eigenvalue weighted by molar-refractivity contribution is -0.763. The maximum absolute atomic E-state index is 14.4. The molecular formula is C30H35F2NO8. The first-order valence-corrected chi connectivity index (χ1v) is 13.4. The molecule has 0 unspecified atom stereocenters. The van der Waals surface area contributed by atoms with Gasteiger partial charge in [0, 0.05) is 18.8 Å². The summed E-state index contributed by atoms with van der Waals surface area (Å²) >= 11 is 0. The van der Waals surface area contributed by atoms with Crippen LogP contribution in [0, 0.1) is 22.0 Å². The molecule has 0 amide bonds. The Labute approximate surface area is 237 Å². The van der Waals surface area contributed by atoms with Gasteiger partial charge in [0.2, 0.25) is 0 Å². The molecule has 1 aliphatic rings. The fourth-order valence-corrected chi connectivity index (χ4v) is 4.61. The summed E-state index contributed by atoms with van der Waals surface area (Å²) in [4.78, 5) is 26.7. The number of aliphatic hydroxyl groups is 2. The van der Waals surface area contributed by atoms with Crippen molar-refractivity contribution in [3.63, 3.8) is 0 Å². The molecule has 2 aromatic carbocycles. The van der Waals surface area contributed by atoms with Crippen LogP contribution in [0.25, 0.3) is 0 Å². The zero-order valence-corrected chi connectivity index (χ0v) is 22.5. The third-order valence-electron chi connectivity index (χ3n) is 6.71. The van der Waals surface area contributed by atoms with Crippen molar-refractivity contribution >= 4 is 5.97 Å². The topological polar surface area (TPSA) is 128 Å². The number of benzene rings is 2. The van der Waals surface area contributed by atoms with Crippen LogP contribution < -0.4 is 4.74 Å². The van der Waals surface area contributed by atoms with E-state index < -0.39 is 41.7 Å². The number of para-hydroxylation sites is 1. The van der Waals surface area contributed by atoms with E-state index in [9.17, 15) is 33.9 Å². The van der Waals surface area contributed by atoms with Crippen LogP contribution in [0.1, 0.15) is 43.2 Å². The molecule has 1 saturated carbocycles. The second-order valence-electron chi connectivity index (χ2n) is 9.91. The smallest absolute Gasteiger partial charge is 0.306 e. The second kappa shape index (κ2) is 15.8. The van der Waals surface area contributed by atoms with E-state index in [0.29, 0.717) is 36.1 Å². The van der Waals surface area contributed by atoms with Crippen LogP contribution >= 0.6 is 0 Å². The summed E-state index contributed by atoms with van der Waals surface area (Å²) in [5.74, 6) is -4.34. The number of hydrogen-bond donors (Lipinski definition) is 2. The first-order chi connectivity index (χ1) is 19.6. The van der Waals surface area contributed by atoms with Crippen LogP contribution in [-0.2, 0) is 27.6 Å². The molecule has 2 N–H and O–H groups in total. The van der Waals surface area contributed by atoms with Crippen molar-refractivity contribution in [2.45, 2.75) is 63.4 Å². The molecule has 11 heteroatoms. The van der Waals surface area contributed by atoms with Gasteiger partial charge in [0.05, 0.1) is 12.2 Å². The Kier molecular flexibility index (Phi) is 12.2. The maximum atomic E-state index is 14.4. The molecule has 3 rings (SSSR count). The lowest BCUT2D eigenvalue weighted by atomic mass is 9.89. The summed E-state index contributed by atoms with van der Waals surface area (Å²) < 4.78 is 39.1. The molecule has 0 bridgehead atoms. The van der Waals surface area contributed by atoms with E-state index >= 15 is 0 Å². The molecule has 1 fully saturated rings. The molecule has 222 valence electrons. The minimum atomic E-state index is -3.24. The van der Waals surface area contributed by atoms with Crippen LogP contribution in [0.5, 0.6) is 5.75 Å². The first kappa shape index (κ1) is 31.7. The number of alkyl halides is 2. The number of nitrogens with zero attached hydrogens (tertiary/aromatic N) is 1. The van der Waals surface area contributed by atoms with Crippen molar-refractivity contribution in [3.05, 3.63) is 100 Å². The third kappa shape index (κ3) is 11.3. The standard InChI is InChI=1S/C30H35F2NO8/c31-30(32,21-40-24-11-4-3-5-12-24)16-15-26-25(27(34)18-28(26)35)13-6-1-2-7-14-29(36)39-19-22-9-8-10-23(17-22)20-41-33(37)38/h1,3-6,8-12,15-17,25-28,34-35H,2,7,13-14,18-21H2/b6-1-,16-15+/t25-,26-,27+,28-/m1/s1. The quantitative estimate of drug-likeness (QED) is 0.0921. The highest BCUT2D eigenvalue weighted by Crippen LogP contribution is 2.37. The van der Waals surface area contributed by atoms with Gasteiger partial charge in [-0.05, 0) is 54.5 Å². The SMILES string of the molecule is O=C(CCC/C=C\C[C@@H]1[C@@H](/C=C/C(F)(F)COc2ccccc2)[C@H](O)C[C@@H]1O)OCc1cccc(CO[N+](=O)[O-])c1. The van der Waals surface area contributed by atoms with E-state index in [4.69, 9.17) is 9.47 Å². The van der Waals surface area contributed by atoms with Crippen molar-refractivity contribution in [1.29, 1.82) is 0 Å². The van der Waals surface area contributed by atoms with Crippen LogP contribution in [0.4, 0.5) is 8.78 Å². The highest BCUT2D eigenvalue weighted by atomic mass is 19.3. The normalized spacial score (nSPS) is 20.9. The largest absolute Gasteiger partial charge is 0.487 e. The Balaban J connectivity index is 1.38. The summed E-state index contributed by atoms with van der Waals surface area (Å²) in [6, 6.07) is 15.1. The van der Waals surface area contributed by atoms with Crippen molar-refractivity contribution in [3.8, 4) is 5.75 Å². The Hall–Kier alpha value is -3.83. The third-order valence-corrected chi connectivity index (χ3v) is 6.71. The number of carbonyl (C=O) groups excluding carboxylic acids is 1. The van der Waals surface area contributed by atoms with Crippen molar-refractivity contribution in [2.75, 3.05) is 6.61 Å². The molecule has 41 heavy (non-hydrogen) atoms. The van der Waals surface area contributed by atoms with Crippen LogP contribution in [0.2, 0.25) is 0 Å². The van der Waals surface area contributed by atoms with Crippen molar-refractivity contribution < 1.29 is 43.2 Å². The lowest BCUT2D eigenvalue weighted by Crippen LogP contribution is -2.25. The molecule has 1 aliphatic carbocycles. The summed E-state index contributed by atoms with van der Waals surface area (Å²) in [6.07, 6.45) is 5.72. The average molecular weight is 576 g/mol. The molecule has 0 radical (unpaired) electrons. The summed E-state index contributed by atoms with van der Waals surface area (Å²) in [5, 5.41) is 30.2. The minimum absolute atomic E-state index is 0.0369. The molecule has 0 heterocycles. The van der Waals surface area contributed by atoms with Gasteiger partial charge in [0.1, 0.15) is 19.0 Å². The number of allylic oxidation sites excluding steroid dienone is 2. The minimum Gasteiger partial charge on any atom is -0.487 e. The Morgan fingerprint density at radius 2 is 1.78 bits per heavy atom. The van der Waals surface area contributed by atoms with E-state index in [2.05, 4.69) is 4.84 Å². The Bertz CT molecular complexity index is 1170. The fraction of sp³-hybridized carbons (Fsp3) is 0.433. The fourth-order valence-electron chi connectivity index (χ4n) is 4.61. The Morgan fingerprint density at radius 3 is 2.51 bits per heavy atom. The van der Waals surface area contributed by atoms with Crippen molar-refractivity contribution in [2.24, 2.45) is 11.8 Å². The number of aliphatic hydroxyl groups excluding tert-OH is 2.